The minimum Gasteiger partial charge on any atom is -0.493 e. The molecule has 0 bridgehead atoms. The van der Waals surface area contributed by atoms with Crippen LogP contribution in [0.2, 0.25) is 0 Å². The number of hydrogen-bond donors (Lipinski definition) is 2. The molecule has 0 aliphatic carbocycles. The average molecular weight is 492 g/mol. The number of fused-ring (bicyclic) bond motifs is 1. The Morgan fingerprint density at radius 3 is 2.38 bits per heavy atom. The number of halogens is 3. The number of anilines is 1. The summed E-state index contributed by atoms with van der Waals surface area (Å²) in [6.07, 6.45) is 1.60. The molecule has 34 heavy (non-hydrogen) atoms. The van der Waals surface area contributed by atoms with E-state index < -0.39 is 31.8 Å². The summed E-state index contributed by atoms with van der Waals surface area (Å²) in [5.74, 6) is -0.411. The lowest BCUT2D eigenvalue weighted by Gasteiger charge is -2.10. The third kappa shape index (κ3) is 3.79. The molecule has 8 nitrogen and oxygen atoms in total. The van der Waals surface area contributed by atoms with Gasteiger partial charge < -0.3 is 10.4 Å². The molecule has 4 rings (SSSR count). The minimum absolute atomic E-state index is 0.0162. The van der Waals surface area contributed by atoms with Gasteiger partial charge in [-0.05, 0) is 61.0 Å². The van der Waals surface area contributed by atoms with Gasteiger partial charge in [0.1, 0.15) is 0 Å². The molecule has 0 atom stereocenters. The molecule has 2 N–H and O–H groups in total. The third-order valence-electron chi connectivity index (χ3n) is 5.52. The zero-order valence-corrected chi connectivity index (χ0v) is 18.8. The summed E-state index contributed by atoms with van der Waals surface area (Å²) in [4.78, 5) is 16.5. The molecule has 0 saturated heterocycles. The molecule has 2 aromatic carbocycles. The minimum atomic E-state index is -5.53. The number of sulfone groups is 1. The lowest BCUT2D eigenvalue weighted by Crippen LogP contribution is -2.25. The van der Waals surface area contributed by atoms with Crippen molar-refractivity contribution in [3.63, 3.8) is 0 Å². The normalized spacial score (nSPS) is 12.3. The summed E-state index contributed by atoms with van der Waals surface area (Å²) in [7, 11) is -3.76. The molecular formula is C22H19F3N4O4S. The molecule has 2 heterocycles. The fraction of sp³-hybridized carbons (Fsp3) is 0.182. The first-order valence-electron chi connectivity index (χ1n) is 9.94. The molecular weight excluding hydrogens is 473 g/mol. The Balaban J connectivity index is 1.77. The summed E-state index contributed by atoms with van der Waals surface area (Å²) in [6, 6.07) is 10.9. The van der Waals surface area contributed by atoms with Gasteiger partial charge in [-0.1, -0.05) is 0 Å². The van der Waals surface area contributed by atoms with Gasteiger partial charge in [0.05, 0.1) is 28.3 Å². The number of alkyl halides is 3. The predicted octanol–water partition coefficient (Wildman–Crippen LogP) is 3.58. The van der Waals surface area contributed by atoms with Gasteiger partial charge in [0.2, 0.25) is 5.88 Å². The number of nitrogens with one attached hydrogen (secondary N) is 1. The number of aromatic nitrogens is 3. The monoisotopic (exact) mass is 492 g/mol. The van der Waals surface area contributed by atoms with E-state index in [1.165, 1.54) is 11.5 Å². The quantitative estimate of drug-likeness (QED) is 0.441. The maximum atomic E-state index is 13.2. The highest BCUT2D eigenvalue weighted by Gasteiger charge is 2.46. The van der Waals surface area contributed by atoms with E-state index in [1.54, 1.807) is 19.3 Å². The Labute approximate surface area is 191 Å². The van der Waals surface area contributed by atoms with Crippen molar-refractivity contribution in [1.82, 2.24) is 14.1 Å². The lowest BCUT2D eigenvalue weighted by atomic mass is 10.1. The molecule has 0 unspecified atom stereocenters. The number of nitrogens with zero attached hydrogens (tertiary/aromatic N) is 3. The Hall–Kier alpha value is -3.80. The highest BCUT2D eigenvalue weighted by Crippen LogP contribution is 2.31. The van der Waals surface area contributed by atoms with Crippen molar-refractivity contribution >= 4 is 26.4 Å². The average Bonchev–Trinajstić information content (AvgIpc) is 3.01. The van der Waals surface area contributed by atoms with E-state index in [1.807, 2.05) is 18.2 Å². The van der Waals surface area contributed by atoms with Crippen molar-refractivity contribution in [2.45, 2.75) is 23.9 Å². The van der Waals surface area contributed by atoms with Gasteiger partial charge in [0.25, 0.3) is 9.84 Å². The van der Waals surface area contributed by atoms with E-state index in [-0.39, 0.29) is 17.9 Å². The van der Waals surface area contributed by atoms with Crippen LogP contribution in [-0.2, 0) is 16.4 Å². The SMILES string of the molecule is CNc1ccc2nccc(Cn3c(C)c(O)n(-c4ccc(S(=O)(=O)C(F)(F)F)cc4)c3=O)c2c1. The third-order valence-corrected chi connectivity index (χ3v) is 7.02. The van der Waals surface area contributed by atoms with Crippen molar-refractivity contribution in [3.05, 3.63) is 76.5 Å². The van der Waals surface area contributed by atoms with Crippen LogP contribution in [0.4, 0.5) is 18.9 Å². The summed E-state index contributed by atoms with van der Waals surface area (Å²) >= 11 is 0. The smallest absolute Gasteiger partial charge is 0.493 e. The second-order valence-corrected chi connectivity index (χ2v) is 9.45. The van der Waals surface area contributed by atoms with Gasteiger partial charge in [0, 0.05) is 24.3 Å². The van der Waals surface area contributed by atoms with Gasteiger partial charge in [0.15, 0.2) is 0 Å². The molecule has 0 aliphatic heterocycles. The zero-order chi connectivity index (χ0) is 24.8. The summed E-state index contributed by atoms with van der Waals surface area (Å²) < 4.78 is 63.8. The number of hydrogen-bond acceptors (Lipinski definition) is 6. The van der Waals surface area contributed by atoms with E-state index in [2.05, 4.69) is 10.3 Å². The standard InChI is InChI=1S/C22H19F3N4O4S/c1-13-20(30)29(16-4-6-17(7-5-16)34(32,33)22(23,24)25)21(31)28(13)12-14-9-10-27-19-8-3-15(26-2)11-18(14)19/h3-11,26,30H,12H2,1-2H3. The second kappa shape index (κ2) is 8.20. The van der Waals surface area contributed by atoms with Crippen LogP contribution in [0.15, 0.2) is 64.4 Å². The topological polar surface area (TPSA) is 106 Å². The van der Waals surface area contributed by atoms with Crippen LogP contribution in [0, 0.1) is 6.92 Å². The Bertz CT molecular complexity index is 1560. The fourth-order valence-electron chi connectivity index (χ4n) is 3.63. The van der Waals surface area contributed by atoms with Crippen molar-refractivity contribution in [1.29, 1.82) is 0 Å². The predicted molar refractivity (Wildman–Crippen MR) is 120 cm³/mol. The Morgan fingerprint density at radius 2 is 1.76 bits per heavy atom. The maximum Gasteiger partial charge on any atom is 0.501 e. The van der Waals surface area contributed by atoms with Crippen LogP contribution in [0.1, 0.15) is 11.3 Å². The van der Waals surface area contributed by atoms with Gasteiger partial charge in [-0.25, -0.2) is 17.8 Å². The highest BCUT2D eigenvalue weighted by atomic mass is 32.2. The van der Waals surface area contributed by atoms with Gasteiger partial charge in [-0.2, -0.15) is 13.2 Å². The van der Waals surface area contributed by atoms with E-state index in [9.17, 15) is 31.5 Å². The summed E-state index contributed by atoms with van der Waals surface area (Å²) in [5.41, 5.74) is -3.53. The van der Waals surface area contributed by atoms with Crippen molar-refractivity contribution < 1.29 is 26.7 Å². The molecule has 0 amide bonds. The van der Waals surface area contributed by atoms with E-state index in [0.29, 0.717) is 5.52 Å². The summed E-state index contributed by atoms with van der Waals surface area (Å²) in [5, 5.41) is 14.4. The first-order chi connectivity index (χ1) is 16.0. The first-order valence-corrected chi connectivity index (χ1v) is 11.4. The molecule has 12 heteroatoms. The number of pyridine rings is 1. The molecule has 178 valence electrons. The number of rotatable bonds is 5. The number of aromatic hydroxyl groups is 1. The van der Waals surface area contributed by atoms with Gasteiger partial charge >= 0.3 is 11.2 Å². The van der Waals surface area contributed by atoms with Crippen LogP contribution in [-0.4, -0.2) is 40.2 Å². The van der Waals surface area contributed by atoms with E-state index in [0.717, 1.165) is 45.5 Å². The molecule has 0 spiro atoms. The number of imidazole rings is 1. The zero-order valence-electron chi connectivity index (χ0n) is 18.0. The molecule has 4 aromatic rings. The van der Waals surface area contributed by atoms with Gasteiger partial charge in [-0.15, -0.1) is 0 Å². The van der Waals surface area contributed by atoms with Crippen LogP contribution in [0.3, 0.4) is 0 Å². The highest BCUT2D eigenvalue weighted by molar-refractivity contribution is 7.92. The second-order valence-electron chi connectivity index (χ2n) is 7.51. The molecule has 2 aromatic heterocycles. The van der Waals surface area contributed by atoms with Crippen LogP contribution in [0.5, 0.6) is 5.88 Å². The molecule has 0 radical (unpaired) electrons. The maximum absolute atomic E-state index is 13.2. The molecule has 0 aliphatic rings. The molecule has 0 fully saturated rings. The Kier molecular flexibility index (Phi) is 5.64. The van der Waals surface area contributed by atoms with Crippen molar-refractivity contribution in [2.24, 2.45) is 0 Å². The van der Waals surface area contributed by atoms with Crippen molar-refractivity contribution in [2.75, 3.05) is 12.4 Å². The van der Waals surface area contributed by atoms with E-state index in [4.69, 9.17) is 0 Å². The Morgan fingerprint density at radius 1 is 1.09 bits per heavy atom. The van der Waals surface area contributed by atoms with Crippen LogP contribution < -0.4 is 11.0 Å². The number of benzene rings is 2. The lowest BCUT2D eigenvalue weighted by molar-refractivity contribution is -0.0436. The first kappa shape index (κ1) is 23.4. The van der Waals surface area contributed by atoms with E-state index >= 15 is 0 Å². The van der Waals surface area contributed by atoms with Crippen LogP contribution in [0.25, 0.3) is 16.6 Å². The van der Waals surface area contributed by atoms with Crippen LogP contribution >= 0.6 is 0 Å². The fourth-order valence-corrected chi connectivity index (χ4v) is 4.39. The molecule has 0 saturated carbocycles. The largest absolute Gasteiger partial charge is 0.501 e. The van der Waals surface area contributed by atoms with Crippen molar-refractivity contribution in [3.8, 4) is 11.6 Å². The van der Waals surface area contributed by atoms with Gasteiger partial charge in [-0.3, -0.25) is 9.55 Å². The summed E-state index contributed by atoms with van der Waals surface area (Å²) in [6.45, 7) is 1.62.